The number of halogens is 2. The predicted molar refractivity (Wildman–Crippen MR) is 86.1 cm³/mol. The standard InChI is InChI=1S/C14H18ClIN2/c1-10(2)4-3-7-18-13-6-5-11(16)8-12(13)17-14(18)9-15/h5-6,8,10H,3-4,7,9H2,1-2H3. The minimum absolute atomic E-state index is 0.479. The molecule has 0 unspecified atom stereocenters. The monoisotopic (exact) mass is 376 g/mol. The molecule has 0 spiro atoms. The van der Waals surface area contributed by atoms with Gasteiger partial charge in [-0.3, -0.25) is 0 Å². The summed E-state index contributed by atoms with van der Waals surface area (Å²) in [4.78, 5) is 4.62. The van der Waals surface area contributed by atoms with E-state index in [1.807, 2.05) is 0 Å². The van der Waals surface area contributed by atoms with Crippen molar-refractivity contribution in [2.75, 3.05) is 0 Å². The second kappa shape index (κ2) is 6.24. The summed E-state index contributed by atoms with van der Waals surface area (Å²) in [5, 5.41) is 0. The molecule has 0 radical (unpaired) electrons. The largest absolute Gasteiger partial charge is 0.327 e. The summed E-state index contributed by atoms with van der Waals surface area (Å²) in [6, 6.07) is 6.39. The van der Waals surface area contributed by atoms with Gasteiger partial charge in [-0.15, -0.1) is 11.6 Å². The van der Waals surface area contributed by atoms with Crippen LogP contribution in [0.2, 0.25) is 0 Å². The van der Waals surface area contributed by atoms with E-state index in [0.29, 0.717) is 5.88 Å². The van der Waals surface area contributed by atoms with E-state index in [1.54, 1.807) is 0 Å². The van der Waals surface area contributed by atoms with Crippen molar-refractivity contribution in [3.05, 3.63) is 27.6 Å². The number of aromatic nitrogens is 2. The average Bonchev–Trinajstić information content (AvgIpc) is 2.66. The van der Waals surface area contributed by atoms with Crippen molar-refractivity contribution in [2.24, 2.45) is 5.92 Å². The Labute approximate surface area is 127 Å². The molecule has 4 heteroatoms. The van der Waals surface area contributed by atoms with Gasteiger partial charge in [-0.05, 0) is 59.5 Å². The van der Waals surface area contributed by atoms with Crippen LogP contribution in [0.3, 0.4) is 0 Å². The fraction of sp³-hybridized carbons (Fsp3) is 0.500. The summed E-state index contributed by atoms with van der Waals surface area (Å²) in [7, 11) is 0. The maximum Gasteiger partial charge on any atom is 0.124 e. The van der Waals surface area contributed by atoms with Gasteiger partial charge in [0.15, 0.2) is 0 Å². The first kappa shape index (κ1) is 14.1. The van der Waals surface area contributed by atoms with Gasteiger partial charge in [0.1, 0.15) is 5.82 Å². The van der Waals surface area contributed by atoms with Crippen LogP contribution in [0.15, 0.2) is 18.2 Å². The maximum absolute atomic E-state index is 6.00. The van der Waals surface area contributed by atoms with Crippen LogP contribution in [0.5, 0.6) is 0 Å². The Hall–Kier alpha value is -0.290. The topological polar surface area (TPSA) is 17.8 Å². The molecule has 2 rings (SSSR count). The van der Waals surface area contributed by atoms with Crippen molar-refractivity contribution in [2.45, 2.75) is 39.1 Å². The van der Waals surface area contributed by atoms with Crippen molar-refractivity contribution in [3.8, 4) is 0 Å². The van der Waals surface area contributed by atoms with Gasteiger partial charge >= 0.3 is 0 Å². The van der Waals surface area contributed by atoms with E-state index in [4.69, 9.17) is 11.6 Å². The Bertz CT molecular complexity index is 534. The van der Waals surface area contributed by atoms with Gasteiger partial charge < -0.3 is 4.57 Å². The predicted octanol–water partition coefficient (Wildman–Crippen LogP) is 4.82. The van der Waals surface area contributed by atoms with Crippen LogP contribution in [-0.4, -0.2) is 9.55 Å². The van der Waals surface area contributed by atoms with Gasteiger partial charge in [-0.2, -0.15) is 0 Å². The van der Waals surface area contributed by atoms with Crippen LogP contribution in [-0.2, 0) is 12.4 Å². The summed E-state index contributed by atoms with van der Waals surface area (Å²) < 4.78 is 3.48. The number of fused-ring (bicyclic) bond motifs is 1. The lowest BCUT2D eigenvalue weighted by atomic mass is 10.1. The third kappa shape index (κ3) is 3.18. The molecule has 1 heterocycles. The molecule has 0 fully saturated rings. The zero-order valence-corrected chi connectivity index (χ0v) is 13.7. The molecular formula is C14H18ClIN2. The summed E-state index contributed by atoms with van der Waals surface area (Å²) in [5.41, 5.74) is 2.26. The highest BCUT2D eigenvalue weighted by atomic mass is 127. The molecule has 0 aliphatic carbocycles. The SMILES string of the molecule is CC(C)CCCn1c(CCl)nc2cc(I)ccc21. The first-order valence-corrected chi connectivity index (χ1v) is 7.93. The van der Waals surface area contributed by atoms with E-state index in [1.165, 1.54) is 21.9 Å². The van der Waals surface area contributed by atoms with Crippen molar-refractivity contribution in [1.82, 2.24) is 9.55 Å². The summed E-state index contributed by atoms with van der Waals surface area (Å²) in [6.07, 6.45) is 2.42. The fourth-order valence-electron chi connectivity index (χ4n) is 2.16. The zero-order valence-electron chi connectivity index (χ0n) is 10.8. The van der Waals surface area contributed by atoms with E-state index in [9.17, 15) is 0 Å². The molecule has 0 atom stereocenters. The van der Waals surface area contributed by atoms with Crippen LogP contribution in [0.1, 0.15) is 32.5 Å². The lowest BCUT2D eigenvalue weighted by Crippen LogP contribution is -2.03. The summed E-state index contributed by atoms with van der Waals surface area (Å²) in [6.45, 7) is 5.53. The number of aryl methyl sites for hydroxylation is 1. The van der Waals surface area contributed by atoms with Crippen molar-refractivity contribution in [1.29, 1.82) is 0 Å². The molecule has 0 N–H and O–H groups in total. The maximum atomic E-state index is 6.00. The molecule has 0 aliphatic heterocycles. The van der Waals surface area contributed by atoms with Gasteiger partial charge in [-0.1, -0.05) is 13.8 Å². The highest BCUT2D eigenvalue weighted by Crippen LogP contribution is 2.21. The molecule has 1 aromatic carbocycles. The summed E-state index contributed by atoms with van der Waals surface area (Å²) >= 11 is 8.32. The average molecular weight is 377 g/mol. The van der Waals surface area contributed by atoms with E-state index < -0.39 is 0 Å². The van der Waals surface area contributed by atoms with Crippen LogP contribution in [0, 0.1) is 9.49 Å². The Morgan fingerprint density at radius 2 is 2.17 bits per heavy atom. The molecule has 1 aromatic heterocycles. The number of hydrogen-bond acceptors (Lipinski definition) is 1. The third-order valence-electron chi connectivity index (χ3n) is 3.07. The highest BCUT2D eigenvalue weighted by molar-refractivity contribution is 14.1. The van der Waals surface area contributed by atoms with Gasteiger partial charge in [-0.25, -0.2) is 4.98 Å². The molecule has 0 aliphatic rings. The highest BCUT2D eigenvalue weighted by Gasteiger charge is 2.10. The Morgan fingerprint density at radius 1 is 1.39 bits per heavy atom. The van der Waals surface area contributed by atoms with Crippen molar-refractivity contribution >= 4 is 45.2 Å². The Balaban J connectivity index is 2.29. The second-order valence-corrected chi connectivity index (χ2v) is 6.50. The van der Waals surface area contributed by atoms with Gasteiger partial charge in [0, 0.05) is 10.1 Å². The molecule has 2 nitrogen and oxygen atoms in total. The number of benzene rings is 1. The molecule has 0 saturated carbocycles. The fourth-order valence-corrected chi connectivity index (χ4v) is 2.84. The number of hydrogen-bond donors (Lipinski definition) is 0. The lowest BCUT2D eigenvalue weighted by Gasteiger charge is -2.09. The number of alkyl halides is 1. The Kier molecular flexibility index (Phi) is 4.90. The van der Waals surface area contributed by atoms with E-state index in [-0.39, 0.29) is 0 Å². The molecule has 2 aromatic rings. The van der Waals surface area contributed by atoms with Crippen LogP contribution >= 0.6 is 34.2 Å². The number of rotatable bonds is 5. The van der Waals surface area contributed by atoms with Gasteiger partial charge in [0.2, 0.25) is 0 Å². The quantitative estimate of drug-likeness (QED) is 0.540. The normalized spacial score (nSPS) is 11.6. The third-order valence-corrected chi connectivity index (χ3v) is 3.98. The van der Waals surface area contributed by atoms with E-state index >= 15 is 0 Å². The molecule has 98 valence electrons. The minimum Gasteiger partial charge on any atom is -0.327 e. The zero-order chi connectivity index (χ0) is 13.1. The van der Waals surface area contributed by atoms with E-state index in [0.717, 1.165) is 23.8 Å². The van der Waals surface area contributed by atoms with Crippen molar-refractivity contribution in [3.63, 3.8) is 0 Å². The van der Waals surface area contributed by atoms with Gasteiger partial charge in [0.25, 0.3) is 0 Å². The molecule has 18 heavy (non-hydrogen) atoms. The number of imidazole rings is 1. The molecule has 0 saturated heterocycles. The molecule has 0 amide bonds. The minimum atomic E-state index is 0.479. The van der Waals surface area contributed by atoms with E-state index in [2.05, 4.69) is 64.2 Å². The second-order valence-electron chi connectivity index (χ2n) is 4.98. The van der Waals surface area contributed by atoms with Crippen LogP contribution < -0.4 is 0 Å². The summed E-state index contributed by atoms with van der Waals surface area (Å²) in [5.74, 6) is 2.21. The molecule has 0 bridgehead atoms. The number of nitrogens with zero attached hydrogens (tertiary/aromatic N) is 2. The molecular weight excluding hydrogens is 359 g/mol. The first-order valence-electron chi connectivity index (χ1n) is 6.32. The van der Waals surface area contributed by atoms with Crippen LogP contribution in [0.25, 0.3) is 11.0 Å². The van der Waals surface area contributed by atoms with Gasteiger partial charge in [0.05, 0.1) is 16.9 Å². The Morgan fingerprint density at radius 3 is 2.83 bits per heavy atom. The van der Waals surface area contributed by atoms with Crippen LogP contribution in [0.4, 0.5) is 0 Å². The lowest BCUT2D eigenvalue weighted by molar-refractivity contribution is 0.512. The smallest absolute Gasteiger partial charge is 0.124 e. The van der Waals surface area contributed by atoms with Crippen molar-refractivity contribution < 1.29 is 0 Å². The first-order chi connectivity index (χ1) is 8.61.